The van der Waals surface area contributed by atoms with E-state index in [0.29, 0.717) is 13.1 Å². The van der Waals surface area contributed by atoms with Gasteiger partial charge in [0.1, 0.15) is 0 Å². The highest BCUT2D eigenvalue weighted by Gasteiger charge is 2.49. The van der Waals surface area contributed by atoms with E-state index in [1.807, 2.05) is 5.01 Å². The van der Waals surface area contributed by atoms with E-state index in [9.17, 15) is 4.79 Å². The highest BCUT2D eigenvalue weighted by atomic mass is 16.4. The van der Waals surface area contributed by atoms with Crippen LogP contribution < -0.4 is 5.43 Å². The summed E-state index contributed by atoms with van der Waals surface area (Å²) in [5.41, 5.74) is 2.57. The fraction of sp³-hybridized carbons (Fsp3) is 0.833. The molecule has 0 aromatic rings. The molecule has 0 amide bonds. The summed E-state index contributed by atoms with van der Waals surface area (Å²) in [5.74, 6) is -0.653. The number of carboxylic acid groups (broad SMARTS) is 1. The van der Waals surface area contributed by atoms with Gasteiger partial charge < -0.3 is 5.11 Å². The van der Waals surface area contributed by atoms with Crippen molar-refractivity contribution in [2.45, 2.75) is 6.42 Å². The van der Waals surface area contributed by atoms with E-state index in [2.05, 4.69) is 5.43 Å². The minimum absolute atomic E-state index is 0.458. The maximum atomic E-state index is 10.7. The van der Waals surface area contributed by atoms with Gasteiger partial charge in [-0.05, 0) is 6.42 Å². The van der Waals surface area contributed by atoms with Crippen LogP contribution in [0.2, 0.25) is 0 Å². The third-order valence-electron chi connectivity index (χ3n) is 2.45. The molecule has 2 aliphatic rings. The molecule has 10 heavy (non-hydrogen) atoms. The second kappa shape index (κ2) is 1.71. The molecule has 2 bridgehead atoms. The molecule has 2 N–H and O–H groups in total. The number of nitrogens with zero attached hydrogens (tertiary/aromatic N) is 1. The summed E-state index contributed by atoms with van der Waals surface area (Å²) in [5, 5.41) is 10.8. The Morgan fingerprint density at radius 3 is 2.70 bits per heavy atom. The van der Waals surface area contributed by atoms with Crippen molar-refractivity contribution >= 4 is 5.97 Å². The van der Waals surface area contributed by atoms with Gasteiger partial charge in [0.05, 0.1) is 5.41 Å². The second-order valence-corrected chi connectivity index (χ2v) is 3.09. The summed E-state index contributed by atoms with van der Waals surface area (Å²) in [4.78, 5) is 10.7. The molecular formula is C6H10N2O2. The quantitative estimate of drug-likeness (QED) is 0.507. The van der Waals surface area contributed by atoms with E-state index in [4.69, 9.17) is 5.11 Å². The lowest BCUT2D eigenvalue weighted by molar-refractivity contribution is -0.146. The first-order valence-electron chi connectivity index (χ1n) is 3.45. The average molecular weight is 142 g/mol. The molecule has 2 unspecified atom stereocenters. The fourth-order valence-corrected chi connectivity index (χ4v) is 1.66. The molecule has 0 aliphatic carbocycles. The molecule has 56 valence electrons. The first-order chi connectivity index (χ1) is 4.73. The van der Waals surface area contributed by atoms with E-state index in [-0.39, 0.29) is 0 Å². The summed E-state index contributed by atoms with van der Waals surface area (Å²) in [6.07, 6.45) is 0.801. The standard InChI is InChI=1S/C6H10N2O2/c9-5(10)6-1-2-8(4-6)7-3-6/h7H,1-4H2,(H,9,10). The van der Waals surface area contributed by atoms with Crippen LogP contribution in [0.3, 0.4) is 0 Å². The molecule has 0 spiro atoms. The van der Waals surface area contributed by atoms with Crippen LogP contribution in [0.4, 0.5) is 0 Å². The third-order valence-corrected chi connectivity index (χ3v) is 2.45. The number of rotatable bonds is 1. The van der Waals surface area contributed by atoms with E-state index >= 15 is 0 Å². The van der Waals surface area contributed by atoms with Gasteiger partial charge in [-0.3, -0.25) is 10.2 Å². The van der Waals surface area contributed by atoms with Gasteiger partial charge in [-0.1, -0.05) is 0 Å². The lowest BCUT2D eigenvalue weighted by atomic mass is 9.88. The second-order valence-electron chi connectivity index (χ2n) is 3.09. The molecule has 2 atom stereocenters. The lowest BCUT2D eigenvalue weighted by Gasteiger charge is -2.19. The van der Waals surface area contributed by atoms with Crippen LogP contribution in [0.1, 0.15) is 6.42 Å². The van der Waals surface area contributed by atoms with Crippen LogP contribution in [0.15, 0.2) is 0 Å². The number of aliphatic carboxylic acids is 1. The van der Waals surface area contributed by atoms with Crippen molar-refractivity contribution in [1.29, 1.82) is 0 Å². The molecule has 4 heteroatoms. The number of carboxylic acids is 1. The van der Waals surface area contributed by atoms with Gasteiger partial charge in [0.15, 0.2) is 0 Å². The fourth-order valence-electron chi connectivity index (χ4n) is 1.66. The number of hydrazine groups is 1. The smallest absolute Gasteiger partial charge is 0.312 e. The Morgan fingerprint density at radius 2 is 2.50 bits per heavy atom. The highest BCUT2D eigenvalue weighted by Crippen LogP contribution is 2.33. The minimum atomic E-state index is -0.653. The molecule has 0 aromatic heterocycles. The summed E-state index contributed by atoms with van der Waals surface area (Å²) >= 11 is 0. The molecule has 0 radical (unpaired) electrons. The zero-order chi connectivity index (χ0) is 7.19. The monoisotopic (exact) mass is 142 g/mol. The number of nitrogens with one attached hydrogen (secondary N) is 1. The van der Waals surface area contributed by atoms with Crippen LogP contribution in [0, 0.1) is 5.41 Å². The Bertz CT molecular complexity index is 173. The predicted molar refractivity (Wildman–Crippen MR) is 34.3 cm³/mol. The summed E-state index contributed by atoms with van der Waals surface area (Å²) in [6, 6.07) is 0. The molecule has 2 heterocycles. The van der Waals surface area contributed by atoms with Crippen molar-refractivity contribution in [3.8, 4) is 0 Å². The maximum absolute atomic E-state index is 10.7. The van der Waals surface area contributed by atoms with Gasteiger partial charge in [0.25, 0.3) is 0 Å². The van der Waals surface area contributed by atoms with Crippen molar-refractivity contribution in [1.82, 2.24) is 10.4 Å². The number of hydrogen-bond acceptors (Lipinski definition) is 3. The summed E-state index contributed by atoms with van der Waals surface area (Å²) in [6.45, 7) is 2.18. The van der Waals surface area contributed by atoms with Gasteiger partial charge in [-0.25, -0.2) is 5.01 Å². The van der Waals surface area contributed by atoms with Gasteiger partial charge in [-0.15, -0.1) is 0 Å². The predicted octanol–water partition coefficient (Wildman–Crippen LogP) is -0.719. The molecule has 2 aliphatic heterocycles. The zero-order valence-corrected chi connectivity index (χ0v) is 5.63. The van der Waals surface area contributed by atoms with Crippen LogP contribution in [-0.4, -0.2) is 35.7 Å². The topological polar surface area (TPSA) is 52.6 Å². The van der Waals surface area contributed by atoms with Crippen molar-refractivity contribution in [3.63, 3.8) is 0 Å². The average Bonchev–Trinajstić information content (AvgIpc) is 2.45. The van der Waals surface area contributed by atoms with E-state index in [0.717, 1.165) is 13.0 Å². The molecule has 4 nitrogen and oxygen atoms in total. The molecule has 0 saturated carbocycles. The van der Waals surface area contributed by atoms with E-state index < -0.39 is 11.4 Å². The Labute approximate surface area is 58.8 Å². The maximum Gasteiger partial charge on any atom is 0.312 e. The van der Waals surface area contributed by atoms with Crippen LogP contribution >= 0.6 is 0 Å². The zero-order valence-electron chi connectivity index (χ0n) is 5.63. The van der Waals surface area contributed by atoms with E-state index in [1.165, 1.54) is 0 Å². The van der Waals surface area contributed by atoms with Crippen LogP contribution in [0.25, 0.3) is 0 Å². The first-order valence-corrected chi connectivity index (χ1v) is 3.45. The minimum Gasteiger partial charge on any atom is -0.481 e. The lowest BCUT2D eigenvalue weighted by Crippen LogP contribution is -2.38. The number of fused-ring (bicyclic) bond motifs is 2. The first kappa shape index (κ1) is 6.12. The SMILES string of the molecule is O=C(O)C12CCN(C1)NC2. The largest absolute Gasteiger partial charge is 0.481 e. The van der Waals surface area contributed by atoms with Crippen LogP contribution in [0.5, 0.6) is 0 Å². The highest BCUT2D eigenvalue weighted by molar-refractivity contribution is 5.76. The van der Waals surface area contributed by atoms with Crippen molar-refractivity contribution < 1.29 is 9.90 Å². The molecule has 2 saturated heterocycles. The van der Waals surface area contributed by atoms with Crippen LogP contribution in [-0.2, 0) is 4.79 Å². The third kappa shape index (κ3) is 0.602. The summed E-state index contributed by atoms with van der Waals surface area (Å²) < 4.78 is 0. The summed E-state index contributed by atoms with van der Waals surface area (Å²) in [7, 11) is 0. The normalized spacial score (nSPS) is 44.2. The number of hydrogen-bond donors (Lipinski definition) is 2. The number of carbonyl (C=O) groups is 1. The Balaban J connectivity index is 2.23. The van der Waals surface area contributed by atoms with Gasteiger partial charge in [-0.2, -0.15) is 0 Å². The Morgan fingerprint density at radius 1 is 1.70 bits per heavy atom. The van der Waals surface area contributed by atoms with E-state index in [1.54, 1.807) is 0 Å². The molecule has 2 rings (SSSR count). The molecule has 0 aromatic carbocycles. The Hall–Kier alpha value is -0.610. The van der Waals surface area contributed by atoms with Gasteiger partial charge >= 0.3 is 5.97 Å². The van der Waals surface area contributed by atoms with Gasteiger partial charge in [0.2, 0.25) is 0 Å². The Kier molecular flexibility index (Phi) is 1.04. The molecule has 2 fully saturated rings. The van der Waals surface area contributed by atoms with Crippen molar-refractivity contribution in [2.75, 3.05) is 19.6 Å². The van der Waals surface area contributed by atoms with Gasteiger partial charge in [0, 0.05) is 19.6 Å². The van der Waals surface area contributed by atoms with Crippen molar-refractivity contribution in [3.05, 3.63) is 0 Å². The molecular weight excluding hydrogens is 132 g/mol. The van der Waals surface area contributed by atoms with Crippen molar-refractivity contribution in [2.24, 2.45) is 5.41 Å².